The van der Waals surface area contributed by atoms with Gasteiger partial charge in [0.1, 0.15) is 5.56 Å². The van der Waals surface area contributed by atoms with Gasteiger partial charge >= 0.3 is 0 Å². The van der Waals surface area contributed by atoms with Gasteiger partial charge in [-0.2, -0.15) is 0 Å². The van der Waals surface area contributed by atoms with E-state index in [0.717, 1.165) is 12.3 Å². The SMILES string of the molecule is CCOc1cc(C(=O)NC2CCN(S(C)(=O)=O)CC2)c([N+](=O)[O-])cc1OC. The standard InChI is InChI=1S/C16H23N3O7S/c1-4-26-15-9-12(13(19(21)22)10-14(15)25-2)16(20)17-11-5-7-18(8-6-11)27(3,23)24/h9-11H,4-8H2,1-3H3,(H,17,20). The van der Waals surface area contributed by atoms with Crippen LogP contribution in [0.3, 0.4) is 0 Å². The maximum atomic E-state index is 12.6. The summed E-state index contributed by atoms with van der Waals surface area (Å²) in [5.41, 5.74) is -0.517. The normalized spacial score (nSPS) is 16.0. The van der Waals surface area contributed by atoms with Gasteiger partial charge in [-0.05, 0) is 19.8 Å². The van der Waals surface area contributed by atoms with Crippen molar-refractivity contribution in [2.45, 2.75) is 25.8 Å². The highest BCUT2D eigenvalue weighted by Crippen LogP contribution is 2.35. The number of piperidine rings is 1. The zero-order chi connectivity index (χ0) is 20.2. The number of hydrogen-bond donors (Lipinski definition) is 1. The van der Waals surface area contributed by atoms with Gasteiger partial charge in [-0.15, -0.1) is 0 Å². The lowest BCUT2D eigenvalue weighted by atomic mass is 10.1. The summed E-state index contributed by atoms with van der Waals surface area (Å²) in [5.74, 6) is -0.202. The molecular weight excluding hydrogens is 378 g/mol. The smallest absolute Gasteiger partial charge is 0.286 e. The third kappa shape index (κ3) is 5.07. The monoisotopic (exact) mass is 401 g/mol. The molecule has 1 amide bonds. The summed E-state index contributed by atoms with van der Waals surface area (Å²) in [4.78, 5) is 23.3. The molecule has 0 spiro atoms. The maximum absolute atomic E-state index is 12.6. The van der Waals surface area contributed by atoms with Crippen molar-refractivity contribution in [3.8, 4) is 11.5 Å². The van der Waals surface area contributed by atoms with Gasteiger partial charge in [-0.25, -0.2) is 12.7 Å². The predicted octanol–water partition coefficient (Wildman–Crippen LogP) is 1.16. The van der Waals surface area contributed by atoms with Crippen molar-refractivity contribution in [1.29, 1.82) is 0 Å². The molecule has 1 fully saturated rings. The number of carbonyl (C=O) groups excluding carboxylic acids is 1. The molecule has 0 radical (unpaired) electrons. The molecule has 0 saturated carbocycles. The van der Waals surface area contributed by atoms with Crippen LogP contribution in [0.4, 0.5) is 5.69 Å². The number of benzene rings is 1. The van der Waals surface area contributed by atoms with Gasteiger partial charge in [-0.1, -0.05) is 0 Å². The molecule has 1 aromatic carbocycles. The number of nitrogens with one attached hydrogen (secondary N) is 1. The van der Waals surface area contributed by atoms with E-state index in [2.05, 4.69) is 5.32 Å². The lowest BCUT2D eigenvalue weighted by Crippen LogP contribution is -2.46. The number of amides is 1. The fourth-order valence-corrected chi connectivity index (χ4v) is 3.78. The minimum absolute atomic E-state index is 0.130. The van der Waals surface area contributed by atoms with Crippen LogP contribution in [-0.2, 0) is 10.0 Å². The summed E-state index contributed by atoms with van der Waals surface area (Å²) in [5, 5.41) is 14.1. The van der Waals surface area contributed by atoms with Crippen LogP contribution in [-0.4, -0.2) is 62.7 Å². The molecule has 150 valence electrons. The third-order valence-electron chi connectivity index (χ3n) is 4.28. The quantitative estimate of drug-likeness (QED) is 0.536. The molecule has 11 heteroatoms. The zero-order valence-corrected chi connectivity index (χ0v) is 16.2. The van der Waals surface area contributed by atoms with E-state index < -0.39 is 20.9 Å². The van der Waals surface area contributed by atoms with Gasteiger partial charge in [0.05, 0.1) is 31.0 Å². The molecule has 2 rings (SSSR count). The van der Waals surface area contributed by atoms with Crippen LogP contribution in [0, 0.1) is 10.1 Å². The Morgan fingerprint density at radius 3 is 2.44 bits per heavy atom. The van der Waals surface area contributed by atoms with E-state index >= 15 is 0 Å². The van der Waals surface area contributed by atoms with Crippen molar-refractivity contribution in [1.82, 2.24) is 9.62 Å². The van der Waals surface area contributed by atoms with Gasteiger partial charge in [0.15, 0.2) is 11.5 Å². The van der Waals surface area contributed by atoms with Crippen LogP contribution in [0.25, 0.3) is 0 Å². The van der Waals surface area contributed by atoms with Crippen LogP contribution in [0.2, 0.25) is 0 Å². The molecule has 1 saturated heterocycles. The Morgan fingerprint density at radius 2 is 1.96 bits per heavy atom. The predicted molar refractivity (Wildman–Crippen MR) is 97.7 cm³/mol. The van der Waals surface area contributed by atoms with E-state index in [9.17, 15) is 23.3 Å². The first-order valence-electron chi connectivity index (χ1n) is 8.42. The van der Waals surface area contributed by atoms with Crippen LogP contribution >= 0.6 is 0 Å². The van der Waals surface area contributed by atoms with Crippen LogP contribution in [0.15, 0.2) is 12.1 Å². The topological polar surface area (TPSA) is 128 Å². The second kappa shape index (κ2) is 8.53. The van der Waals surface area contributed by atoms with E-state index in [1.165, 1.54) is 17.5 Å². The van der Waals surface area contributed by atoms with Gasteiger partial charge in [-0.3, -0.25) is 14.9 Å². The molecule has 1 aliphatic heterocycles. The molecule has 0 aromatic heterocycles. The number of ether oxygens (including phenoxy) is 2. The van der Waals surface area contributed by atoms with Crippen LogP contribution in [0.5, 0.6) is 11.5 Å². The number of sulfonamides is 1. The highest BCUT2D eigenvalue weighted by atomic mass is 32.2. The second-order valence-corrected chi connectivity index (χ2v) is 8.10. The van der Waals surface area contributed by atoms with Crippen LogP contribution in [0.1, 0.15) is 30.1 Å². The largest absolute Gasteiger partial charge is 0.493 e. The number of nitro benzene ring substituents is 1. The Labute approximate surface area is 157 Å². The summed E-state index contributed by atoms with van der Waals surface area (Å²) in [6, 6.07) is 2.18. The maximum Gasteiger partial charge on any atom is 0.286 e. The van der Waals surface area contributed by atoms with Gasteiger partial charge in [0, 0.05) is 25.2 Å². The molecule has 0 aliphatic carbocycles. The zero-order valence-electron chi connectivity index (χ0n) is 15.4. The van der Waals surface area contributed by atoms with Gasteiger partial charge < -0.3 is 14.8 Å². The van der Waals surface area contributed by atoms with E-state index in [1.54, 1.807) is 6.92 Å². The van der Waals surface area contributed by atoms with Crippen molar-refractivity contribution in [3.05, 3.63) is 27.8 Å². The molecule has 1 aromatic rings. The van der Waals surface area contributed by atoms with E-state index in [1.807, 2.05) is 0 Å². The van der Waals surface area contributed by atoms with Gasteiger partial charge in [0.2, 0.25) is 10.0 Å². The molecule has 0 bridgehead atoms. The number of carbonyl (C=O) groups is 1. The summed E-state index contributed by atoms with van der Waals surface area (Å²) in [6.45, 7) is 2.63. The first-order valence-corrected chi connectivity index (χ1v) is 10.3. The molecular formula is C16H23N3O7S. The highest BCUT2D eigenvalue weighted by molar-refractivity contribution is 7.88. The van der Waals surface area contributed by atoms with Crippen molar-refractivity contribution in [2.75, 3.05) is 33.1 Å². The number of methoxy groups -OCH3 is 1. The molecule has 27 heavy (non-hydrogen) atoms. The lowest BCUT2D eigenvalue weighted by molar-refractivity contribution is -0.385. The van der Waals surface area contributed by atoms with Crippen molar-refractivity contribution >= 4 is 21.6 Å². The van der Waals surface area contributed by atoms with Crippen LogP contribution < -0.4 is 14.8 Å². The molecule has 0 atom stereocenters. The molecule has 1 heterocycles. The lowest BCUT2D eigenvalue weighted by Gasteiger charge is -2.30. The summed E-state index contributed by atoms with van der Waals surface area (Å²) < 4.78 is 34.9. The number of nitro groups is 1. The Hall–Kier alpha value is -2.40. The summed E-state index contributed by atoms with van der Waals surface area (Å²) in [7, 11) is -1.91. The minimum atomic E-state index is -3.27. The third-order valence-corrected chi connectivity index (χ3v) is 5.58. The van der Waals surface area contributed by atoms with Crippen molar-refractivity contribution < 1.29 is 27.6 Å². The second-order valence-electron chi connectivity index (χ2n) is 6.12. The Kier molecular flexibility index (Phi) is 6.60. The number of nitrogens with zero attached hydrogens (tertiary/aromatic N) is 2. The fraction of sp³-hybridized carbons (Fsp3) is 0.562. The van der Waals surface area contributed by atoms with Gasteiger partial charge in [0.25, 0.3) is 11.6 Å². The molecule has 0 unspecified atom stereocenters. The minimum Gasteiger partial charge on any atom is -0.493 e. The van der Waals surface area contributed by atoms with Crippen molar-refractivity contribution in [3.63, 3.8) is 0 Å². The average Bonchev–Trinajstić information content (AvgIpc) is 2.61. The first kappa shape index (κ1) is 20.9. The first-order chi connectivity index (χ1) is 12.7. The summed E-state index contributed by atoms with van der Waals surface area (Å²) >= 11 is 0. The Balaban J connectivity index is 2.20. The highest BCUT2D eigenvalue weighted by Gasteiger charge is 2.29. The Bertz CT molecular complexity index is 818. The van der Waals surface area contributed by atoms with E-state index in [4.69, 9.17) is 9.47 Å². The molecule has 1 aliphatic rings. The van der Waals surface area contributed by atoms with E-state index in [-0.39, 0.29) is 28.8 Å². The number of rotatable bonds is 7. The molecule has 10 nitrogen and oxygen atoms in total. The fourth-order valence-electron chi connectivity index (χ4n) is 2.90. The number of hydrogen-bond acceptors (Lipinski definition) is 7. The average molecular weight is 401 g/mol. The Morgan fingerprint density at radius 1 is 1.33 bits per heavy atom. The van der Waals surface area contributed by atoms with E-state index in [0.29, 0.717) is 32.5 Å². The van der Waals surface area contributed by atoms with Crippen molar-refractivity contribution in [2.24, 2.45) is 0 Å². The summed E-state index contributed by atoms with van der Waals surface area (Å²) in [6.07, 6.45) is 2.00. The molecule has 1 N–H and O–H groups in total.